The number of methoxy groups -OCH3 is 2. The highest BCUT2D eigenvalue weighted by Gasteiger charge is 2.23. The summed E-state index contributed by atoms with van der Waals surface area (Å²) in [7, 11) is 2.73. The third kappa shape index (κ3) is 2.41. The molecule has 6 nitrogen and oxygen atoms in total. The van der Waals surface area contributed by atoms with Crippen LogP contribution >= 0.6 is 0 Å². The predicted octanol–water partition coefficient (Wildman–Crippen LogP) is 2.36. The second-order valence-electron chi connectivity index (χ2n) is 4.21. The third-order valence-electron chi connectivity index (χ3n) is 2.93. The van der Waals surface area contributed by atoms with Crippen LogP contribution in [0.25, 0.3) is 10.8 Å². The van der Waals surface area contributed by atoms with Crippen molar-refractivity contribution in [1.29, 1.82) is 5.26 Å². The summed E-state index contributed by atoms with van der Waals surface area (Å²) in [5, 5.41) is 20.0. The molecule has 1 N–H and O–H groups in total. The summed E-state index contributed by atoms with van der Waals surface area (Å²) in [6.07, 6.45) is 0. The number of ether oxygens (including phenoxy) is 3. The molecule has 21 heavy (non-hydrogen) atoms. The molecule has 6 heteroatoms. The molecule has 0 amide bonds. The van der Waals surface area contributed by atoms with Gasteiger partial charge in [0.25, 0.3) is 0 Å². The van der Waals surface area contributed by atoms with Crippen molar-refractivity contribution in [3.63, 3.8) is 0 Å². The molecule has 0 radical (unpaired) electrons. The van der Waals surface area contributed by atoms with Gasteiger partial charge in [0, 0.05) is 17.7 Å². The van der Waals surface area contributed by atoms with Gasteiger partial charge in [0.15, 0.2) is 11.5 Å². The zero-order chi connectivity index (χ0) is 15.6. The van der Waals surface area contributed by atoms with E-state index in [1.807, 2.05) is 6.07 Å². The van der Waals surface area contributed by atoms with E-state index in [4.69, 9.17) is 19.5 Å². The molecule has 2 aromatic carbocycles. The van der Waals surface area contributed by atoms with Crippen LogP contribution in [0.4, 0.5) is 0 Å². The molecule has 0 unspecified atom stereocenters. The lowest BCUT2D eigenvalue weighted by atomic mass is 10.0. The van der Waals surface area contributed by atoms with Crippen LogP contribution in [0, 0.1) is 11.3 Å². The molecule has 2 rings (SSSR count). The van der Waals surface area contributed by atoms with Crippen LogP contribution in [-0.2, 0) is 4.79 Å². The van der Waals surface area contributed by atoms with E-state index in [0.717, 1.165) is 0 Å². The summed E-state index contributed by atoms with van der Waals surface area (Å²) in [4.78, 5) is 11.3. The first-order chi connectivity index (χ1) is 10.0. The van der Waals surface area contributed by atoms with Gasteiger partial charge in [-0.25, -0.2) is 0 Å². The summed E-state index contributed by atoms with van der Waals surface area (Å²) in [5.74, 6) is -0.444. The minimum absolute atomic E-state index is 0.0611. The second-order valence-corrected chi connectivity index (χ2v) is 4.21. The number of rotatable bonds is 3. The van der Waals surface area contributed by atoms with E-state index < -0.39 is 5.97 Å². The fourth-order valence-corrected chi connectivity index (χ4v) is 2.08. The third-order valence-corrected chi connectivity index (χ3v) is 2.93. The van der Waals surface area contributed by atoms with E-state index in [2.05, 4.69) is 0 Å². The van der Waals surface area contributed by atoms with E-state index in [0.29, 0.717) is 16.3 Å². The van der Waals surface area contributed by atoms with Gasteiger partial charge < -0.3 is 19.3 Å². The van der Waals surface area contributed by atoms with Crippen molar-refractivity contribution in [1.82, 2.24) is 0 Å². The van der Waals surface area contributed by atoms with E-state index in [-0.39, 0.29) is 23.0 Å². The lowest BCUT2D eigenvalue weighted by Crippen LogP contribution is -2.05. The summed E-state index contributed by atoms with van der Waals surface area (Å²) in [6, 6.07) is 6.60. The summed E-state index contributed by atoms with van der Waals surface area (Å²) < 4.78 is 15.5. The number of phenolic OH excluding ortho intramolecular Hbond substituents is 1. The highest BCUT2D eigenvalue weighted by Crippen LogP contribution is 2.50. The smallest absolute Gasteiger partial charge is 0.308 e. The minimum atomic E-state index is -0.551. The number of fused-ring (bicyclic) bond motifs is 1. The molecule has 0 aromatic heterocycles. The average molecular weight is 287 g/mol. The lowest BCUT2D eigenvalue weighted by Gasteiger charge is -2.16. The van der Waals surface area contributed by atoms with Crippen LogP contribution < -0.4 is 14.2 Å². The Morgan fingerprint density at radius 2 is 1.81 bits per heavy atom. The number of nitriles is 1. The first-order valence-electron chi connectivity index (χ1n) is 6.02. The minimum Gasteiger partial charge on any atom is -0.504 e. The monoisotopic (exact) mass is 287 g/mol. The van der Waals surface area contributed by atoms with E-state index in [9.17, 15) is 9.90 Å². The first-order valence-corrected chi connectivity index (χ1v) is 6.02. The Morgan fingerprint density at radius 1 is 1.14 bits per heavy atom. The largest absolute Gasteiger partial charge is 0.504 e. The van der Waals surface area contributed by atoms with Crippen LogP contribution in [-0.4, -0.2) is 25.3 Å². The van der Waals surface area contributed by atoms with Gasteiger partial charge in [-0.05, 0) is 18.2 Å². The molecule has 0 aliphatic rings. The van der Waals surface area contributed by atoms with Gasteiger partial charge in [0.2, 0.25) is 11.5 Å². The Hall–Kier alpha value is -2.94. The zero-order valence-corrected chi connectivity index (χ0v) is 11.8. The average Bonchev–Trinajstić information content (AvgIpc) is 2.48. The standard InChI is InChI=1S/C15H13NO5/c1-8(17)21-13-11-6-9(7-16)4-5-10(11)12(18)14(19-2)15(13)20-3/h4-6,18H,1-3H3. The van der Waals surface area contributed by atoms with Gasteiger partial charge in [0.05, 0.1) is 25.9 Å². The SMILES string of the molecule is COc1c(OC)c(OC(C)=O)c2cc(C#N)ccc2c1O. The van der Waals surface area contributed by atoms with Crippen molar-refractivity contribution < 1.29 is 24.1 Å². The highest BCUT2D eigenvalue weighted by molar-refractivity contribution is 6.00. The number of carbonyl (C=O) groups is 1. The summed E-state index contributed by atoms with van der Waals surface area (Å²) in [6.45, 7) is 1.25. The second kappa shape index (κ2) is 5.59. The molecule has 2 aromatic rings. The number of benzene rings is 2. The highest BCUT2D eigenvalue weighted by atomic mass is 16.6. The fourth-order valence-electron chi connectivity index (χ4n) is 2.08. The van der Waals surface area contributed by atoms with E-state index in [1.54, 1.807) is 12.1 Å². The molecule has 108 valence electrons. The van der Waals surface area contributed by atoms with Crippen LogP contribution in [0.1, 0.15) is 12.5 Å². The van der Waals surface area contributed by atoms with Crippen LogP contribution in [0.5, 0.6) is 23.0 Å². The molecule has 0 saturated heterocycles. The van der Waals surface area contributed by atoms with Crippen LogP contribution in [0.2, 0.25) is 0 Å². The van der Waals surface area contributed by atoms with Gasteiger partial charge in [0.1, 0.15) is 0 Å². The topological polar surface area (TPSA) is 88.8 Å². The molecule has 0 heterocycles. The van der Waals surface area contributed by atoms with Crippen LogP contribution in [0.3, 0.4) is 0 Å². The maximum atomic E-state index is 11.3. The Balaban J connectivity index is 2.94. The lowest BCUT2D eigenvalue weighted by molar-refractivity contribution is -0.131. The van der Waals surface area contributed by atoms with Crippen molar-refractivity contribution in [3.05, 3.63) is 23.8 Å². The van der Waals surface area contributed by atoms with Crippen LogP contribution in [0.15, 0.2) is 18.2 Å². The number of carbonyl (C=O) groups excluding carboxylic acids is 1. The van der Waals surface area contributed by atoms with Crippen molar-refractivity contribution >= 4 is 16.7 Å². The van der Waals surface area contributed by atoms with Gasteiger partial charge in [-0.1, -0.05) is 0 Å². The zero-order valence-electron chi connectivity index (χ0n) is 11.8. The maximum Gasteiger partial charge on any atom is 0.308 e. The van der Waals surface area contributed by atoms with Gasteiger partial charge >= 0.3 is 5.97 Å². The molecular formula is C15H13NO5. The molecule has 0 aliphatic carbocycles. The number of aromatic hydroxyl groups is 1. The number of phenols is 1. The number of nitrogens with zero attached hydrogens (tertiary/aromatic N) is 1. The Labute approximate surface area is 121 Å². The molecule has 0 fully saturated rings. The predicted molar refractivity (Wildman–Crippen MR) is 74.7 cm³/mol. The number of hydrogen-bond acceptors (Lipinski definition) is 6. The van der Waals surface area contributed by atoms with Crippen molar-refractivity contribution in [3.8, 4) is 29.1 Å². The molecule has 0 atom stereocenters. The molecule has 0 aliphatic heterocycles. The van der Waals surface area contributed by atoms with Crippen molar-refractivity contribution in [2.24, 2.45) is 0 Å². The molecular weight excluding hydrogens is 274 g/mol. The molecule has 0 saturated carbocycles. The van der Waals surface area contributed by atoms with Crippen molar-refractivity contribution in [2.45, 2.75) is 6.92 Å². The Morgan fingerprint density at radius 3 is 2.33 bits per heavy atom. The van der Waals surface area contributed by atoms with E-state index in [1.165, 1.54) is 27.2 Å². The van der Waals surface area contributed by atoms with Gasteiger partial charge in [-0.3, -0.25) is 4.79 Å². The first kappa shape index (κ1) is 14.5. The Kier molecular flexibility index (Phi) is 3.85. The number of hydrogen-bond donors (Lipinski definition) is 1. The quantitative estimate of drug-likeness (QED) is 0.688. The number of esters is 1. The fraction of sp³-hybridized carbons (Fsp3) is 0.200. The van der Waals surface area contributed by atoms with E-state index >= 15 is 0 Å². The van der Waals surface area contributed by atoms with Crippen molar-refractivity contribution in [2.75, 3.05) is 14.2 Å². The van der Waals surface area contributed by atoms with Gasteiger partial charge in [-0.15, -0.1) is 0 Å². The molecule has 0 spiro atoms. The normalized spacial score (nSPS) is 10.0. The van der Waals surface area contributed by atoms with Gasteiger partial charge in [-0.2, -0.15) is 5.26 Å². The Bertz CT molecular complexity index is 761. The summed E-state index contributed by atoms with van der Waals surface area (Å²) >= 11 is 0. The summed E-state index contributed by atoms with van der Waals surface area (Å²) in [5.41, 5.74) is 0.363. The maximum absolute atomic E-state index is 11.3. The molecule has 0 bridgehead atoms.